The van der Waals surface area contributed by atoms with Crippen LogP contribution in [-0.2, 0) is 6.18 Å². The molecule has 1 aromatic carbocycles. The zero-order valence-electron chi connectivity index (χ0n) is 9.76. The number of rotatable bonds is 2. The first-order chi connectivity index (χ1) is 8.95. The first-order valence-corrected chi connectivity index (χ1v) is 6.25. The predicted octanol–water partition coefficient (Wildman–Crippen LogP) is 4.63. The summed E-state index contributed by atoms with van der Waals surface area (Å²) in [6, 6.07) is 3.71. The average Bonchev–Trinajstić information content (AvgIpc) is 3.07. The highest BCUT2D eigenvalue weighted by molar-refractivity contribution is 6.30. The maximum atomic E-state index is 13.0. The molecule has 1 aromatic heterocycles. The van der Waals surface area contributed by atoms with Gasteiger partial charge in [0.05, 0.1) is 5.56 Å². The summed E-state index contributed by atoms with van der Waals surface area (Å²) in [6.07, 6.45) is -0.711. The number of benzene rings is 1. The van der Waals surface area contributed by atoms with Crippen molar-refractivity contribution in [2.45, 2.75) is 24.9 Å². The van der Waals surface area contributed by atoms with Crippen molar-refractivity contribution < 1.29 is 13.2 Å². The van der Waals surface area contributed by atoms with Crippen molar-refractivity contribution in [2.24, 2.45) is 0 Å². The number of halogens is 4. The lowest BCUT2D eigenvalue weighted by atomic mass is 10.1. The summed E-state index contributed by atoms with van der Waals surface area (Å²) in [4.78, 5) is 7.02. The van der Waals surface area contributed by atoms with Crippen LogP contribution in [0.3, 0.4) is 0 Å². The number of aromatic amines is 1. The van der Waals surface area contributed by atoms with Crippen molar-refractivity contribution in [3.8, 4) is 11.4 Å². The van der Waals surface area contributed by atoms with E-state index >= 15 is 0 Å². The van der Waals surface area contributed by atoms with Gasteiger partial charge in [-0.1, -0.05) is 11.6 Å². The summed E-state index contributed by atoms with van der Waals surface area (Å²) in [5.41, 5.74) is 0.165. The van der Waals surface area contributed by atoms with Crippen molar-refractivity contribution in [1.82, 2.24) is 9.97 Å². The molecule has 0 saturated heterocycles. The van der Waals surface area contributed by atoms with Gasteiger partial charge in [-0.2, -0.15) is 13.2 Å². The van der Waals surface area contributed by atoms with Gasteiger partial charge in [0, 0.05) is 28.4 Å². The molecule has 1 fully saturated rings. The summed E-state index contributed by atoms with van der Waals surface area (Å²) in [5.74, 6) is 0.661. The van der Waals surface area contributed by atoms with Gasteiger partial charge in [-0.25, -0.2) is 4.98 Å². The Kier molecular flexibility index (Phi) is 2.82. The number of nitrogens with zero attached hydrogens (tertiary/aromatic N) is 1. The summed E-state index contributed by atoms with van der Waals surface area (Å²) >= 11 is 5.65. The van der Waals surface area contributed by atoms with Gasteiger partial charge < -0.3 is 4.98 Å². The van der Waals surface area contributed by atoms with Crippen LogP contribution in [0.4, 0.5) is 13.2 Å². The second kappa shape index (κ2) is 4.27. The van der Waals surface area contributed by atoms with Gasteiger partial charge in [0.25, 0.3) is 0 Å². The molecule has 6 heteroatoms. The minimum atomic E-state index is -4.45. The Balaban J connectivity index is 2.07. The molecule has 1 aliphatic rings. The highest BCUT2D eigenvalue weighted by Gasteiger charge is 2.35. The summed E-state index contributed by atoms with van der Waals surface area (Å²) < 4.78 is 39.0. The maximum absolute atomic E-state index is 13.0. The van der Waals surface area contributed by atoms with Crippen LogP contribution in [0.15, 0.2) is 24.4 Å². The number of H-pyrrole nitrogens is 1. The number of hydrogen-bond acceptors (Lipinski definition) is 1. The molecular weight excluding hydrogens is 277 g/mol. The van der Waals surface area contributed by atoms with Crippen LogP contribution in [0.2, 0.25) is 5.02 Å². The Labute approximate surface area is 112 Å². The summed E-state index contributed by atoms with van der Waals surface area (Å²) in [6.45, 7) is 0. The van der Waals surface area contributed by atoms with E-state index in [2.05, 4.69) is 9.97 Å². The Bertz CT molecular complexity index is 615. The number of nitrogens with one attached hydrogen (secondary N) is 1. The Morgan fingerprint density at radius 3 is 2.63 bits per heavy atom. The molecule has 0 amide bonds. The third kappa shape index (κ3) is 2.47. The van der Waals surface area contributed by atoms with Gasteiger partial charge in [-0.3, -0.25) is 0 Å². The third-order valence-electron chi connectivity index (χ3n) is 3.15. The second-order valence-electron chi connectivity index (χ2n) is 4.65. The number of aromatic nitrogens is 2. The van der Waals surface area contributed by atoms with Gasteiger partial charge >= 0.3 is 6.18 Å². The molecule has 0 atom stereocenters. The molecule has 0 spiro atoms. The van der Waals surface area contributed by atoms with Crippen LogP contribution in [-0.4, -0.2) is 9.97 Å². The van der Waals surface area contributed by atoms with Crippen molar-refractivity contribution in [2.75, 3.05) is 0 Å². The van der Waals surface area contributed by atoms with Crippen LogP contribution in [0.5, 0.6) is 0 Å². The number of alkyl halides is 3. The summed E-state index contributed by atoms with van der Waals surface area (Å²) in [5, 5.41) is 0.0602. The number of imidazole rings is 1. The first-order valence-electron chi connectivity index (χ1n) is 5.87. The zero-order valence-corrected chi connectivity index (χ0v) is 10.5. The van der Waals surface area contributed by atoms with E-state index in [9.17, 15) is 13.2 Å². The monoisotopic (exact) mass is 286 g/mol. The Hall–Kier alpha value is -1.49. The molecule has 3 rings (SSSR count). The molecular formula is C13H10ClF3N2. The van der Waals surface area contributed by atoms with E-state index < -0.39 is 11.7 Å². The van der Waals surface area contributed by atoms with Gasteiger partial charge in [-0.15, -0.1) is 0 Å². The molecule has 1 heterocycles. The van der Waals surface area contributed by atoms with Gasteiger partial charge in [-0.05, 0) is 31.0 Å². The fourth-order valence-electron chi connectivity index (χ4n) is 2.03. The molecule has 2 aromatic rings. The standard InChI is InChI=1S/C13H10ClF3N2/c14-8-3-4-9(10(5-8)13(15,16)17)12-18-6-11(19-12)7-1-2-7/h3-7H,1-2H2,(H,18,19). The number of hydrogen-bond donors (Lipinski definition) is 1. The fraction of sp³-hybridized carbons (Fsp3) is 0.308. The van der Waals surface area contributed by atoms with Crippen LogP contribution >= 0.6 is 11.6 Å². The SMILES string of the molecule is FC(F)(F)c1cc(Cl)ccc1-c1ncc(C2CC2)[nH]1. The molecule has 1 aliphatic carbocycles. The third-order valence-corrected chi connectivity index (χ3v) is 3.39. The van der Waals surface area contributed by atoms with E-state index in [1.165, 1.54) is 12.1 Å². The fourth-order valence-corrected chi connectivity index (χ4v) is 2.20. The molecule has 0 unspecified atom stereocenters. The molecule has 2 nitrogen and oxygen atoms in total. The highest BCUT2D eigenvalue weighted by Crippen LogP contribution is 2.41. The molecule has 100 valence electrons. The zero-order chi connectivity index (χ0) is 13.6. The van der Waals surface area contributed by atoms with Crippen molar-refractivity contribution >= 4 is 11.6 Å². The van der Waals surface area contributed by atoms with E-state index in [0.29, 0.717) is 5.92 Å². The maximum Gasteiger partial charge on any atom is 0.417 e. The van der Waals surface area contributed by atoms with Crippen LogP contribution in [0.25, 0.3) is 11.4 Å². The van der Waals surface area contributed by atoms with E-state index in [-0.39, 0.29) is 16.4 Å². The van der Waals surface area contributed by atoms with Gasteiger partial charge in [0.2, 0.25) is 0 Å². The van der Waals surface area contributed by atoms with Gasteiger partial charge in [0.1, 0.15) is 5.82 Å². The lowest BCUT2D eigenvalue weighted by molar-refractivity contribution is -0.137. The van der Waals surface area contributed by atoms with Crippen LogP contribution < -0.4 is 0 Å². The topological polar surface area (TPSA) is 28.7 Å². The average molecular weight is 287 g/mol. The summed E-state index contributed by atoms with van der Waals surface area (Å²) in [7, 11) is 0. The van der Waals surface area contributed by atoms with E-state index in [1.807, 2.05) is 0 Å². The van der Waals surface area contributed by atoms with Gasteiger partial charge in [0.15, 0.2) is 0 Å². The lowest BCUT2D eigenvalue weighted by Crippen LogP contribution is -2.07. The smallest absolute Gasteiger partial charge is 0.342 e. The predicted molar refractivity (Wildman–Crippen MR) is 66.0 cm³/mol. The molecule has 1 N–H and O–H groups in total. The van der Waals surface area contributed by atoms with Crippen LogP contribution in [0.1, 0.15) is 30.0 Å². The van der Waals surface area contributed by atoms with Crippen molar-refractivity contribution in [1.29, 1.82) is 0 Å². The van der Waals surface area contributed by atoms with Crippen LogP contribution in [0, 0.1) is 0 Å². The van der Waals surface area contributed by atoms with E-state index in [4.69, 9.17) is 11.6 Å². The molecule has 1 saturated carbocycles. The van der Waals surface area contributed by atoms with Crippen molar-refractivity contribution in [3.63, 3.8) is 0 Å². The van der Waals surface area contributed by atoms with E-state index in [1.54, 1.807) is 6.20 Å². The minimum absolute atomic E-state index is 0.0313. The molecule has 0 radical (unpaired) electrons. The van der Waals surface area contributed by atoms with E-state index in [0.717, 1.165) is 24.6 Å². The molecule has 0 bridgehead atoms. The normalized spacial score (nSPS) is 15.8. The van der Waals surface area contributed by atoms with Crippen molar-refractivity contribution in [3.05, 3.63) is 40.7 Å². The quantitative estimate of drug-likeness (QED) is 0.857. The second-order valence-corrected chi connectivity index (χ2v) is 5.09. The highest BCUT2D eigenvalue weighted by atomic mass is 35.5. The first kappa shape index (κ1) is 12.5. The largest absolute Gasteiger partial charge is 0.417 e. The minimum Gasteiger partial charge on any atom is -0.342 e. The molecule has 0 aliphatic heterocycles. The Morgan fingerprint density at radius 1 is 1.26 bits per heavy atom. The lowest BCUT2D eigenvalue weighted by Gasteiger charge is -2.11. The molecule has 19 heavy (non-hydrogen) atoms. The Morgan fingerprint density at radius 2 is 2.00 bits per heavy atom.